The van der Waals surface area contributed by atoms with Gasteiger partial charge in [-0.05, 0) is 47.2 Å². The largest absolute Gasteiger partial charge is 0.465 e. The number of hydrogen-bond acceptors (Lipinski definition) is 2. The Labute approximate surface area is 116 Å². The number of hydrogen-bond donors (Lipinski definition) is 2. The molecule has 2 N–H and O–H groups in total. The molecule has 1 aromatic rings. The van der Waals surface area contributed by atoms with Crippen LogP contribution in [0.2, 0.25) is 0 Å². The number of halogens is 2. The fourth-order valence-electron chi connectivity index (χ4n) is 1.91. The van der Waals surface area contributed by atoms with E-state index in [2.05, 4.69) is 5.32 Å². The van der Waals surface area contributed by atoms with Crippen LogP contribution in [0.15, 0.2) is 18.2 Å². The number of carbonyl (C=O) groups excluding carboxylic acids is 1. The third-order valence-corrected chi connectivity index (χ3v) is 3.38. The van der Waals surface area contributed by atoms with Crippen molar-refractivity contribution in [2.24, 2.45) is 0 Å². The Morgan fingerprint density at radius 1 is 1.56 bits per heavy atom. The first-order chi connectivity index (χ1) is 8.50. The normalized spacial score (nSPS) is 18.6. The van der Waals surface area contributed by atoms with Crippen LogP contribution < -0.4 is 10.2 Å². The number of benzene rings is 1. The molecule has 1 aliphatic rings. The maximum atomic E-state index is 13.8. The average molecular weight is 364 g/mol. The van der Waals surface area contributed by atoms with Crippen molar-refractivity contribution in [3.8, 4) is 0 Å². The van der Waals surface area contributed by atoms with Crippen molar-refractivity contribution < 1.29 is 19.1 Å². The van der Waals surface area contributed by atoms with Gasteiger partial charge in [0.25, 0.3) is 0 Å². The van der Waals surface area contributed by atoms with Gasteiger partial charge in [0.05, 0.1) is 5.69 Å². The lowest BCUT2D eigenvalue weighted by atomic mass is 10.2. The van der Waals surface area contributed by atoms with Gasteiger partial charge in [0, 0.05) is 10.1 Å². The van der Waals surface area contributed by atoms with Crippen molar-refractivity contribution in [2.75, 3.05) is 11.4 Å². The zero-order valence-electron chi connectivity index (χ0n) is 9.19. The van der Waals surface area contributed by atoms with E-state index in [0.717, 1.165) is 4.90 Å². The van der Waals surface area contributed by atoms with Gasteiger partial charge in [0.15, 0.2) is 0 Å². The second kappa shape index (κ2) is 5.09. The number of carbonyl (C=O) groups is 2. The maximum absolute atomic E-state index is 13.8. The van der Waals surface area contributed by atoms with E-state index in [9.17, 15) is 19.1 Å². The summed E-state index contributed by atoms with van der Waals surface area (Å²) in [5.41, 5.74) is -0.0926. The van der Waals surface area contributed by atoms with Crippen molar-refractivity contribution in [1.29, 1.82) is 0 Å². The molecule has 1 atom stereocenters. The summed E-state index contributed by atoms with van der Waals surface area (Å²) >= 11 is 1.93. The summed E-state index contributed by atoms with van der Waals surface area (Å²) in [6.45, 7) is 0.402. The monoisotopic (exact) mass is 364 g/mol. The summed E-state index contributed by atoms with van der Waals surface area (Å²) in [6.07, 6.45) is -0.992. The highest BCUT2D eigenvalue weighted by atomic mass is 127. The van der Waals surface area contributed by atoms with Gasteiger partial charge >= 0.3 is 6.09 Å². The number of nitrogens with one attached hydrogen (secondary N) is 1. The molecule has 1 aromatic carbocycles. The Morgan fingerprint density at radius 2 is 2.28 bits per heavy atom. The van der Waals surface area contributed by atoms with Gasteiger partial charge in [-0.3, -0.25) is 9.69 Å². The molecule has 1 heterocycles. The van der Waals surface area contributed by atoms with E-state index in [4.69, 9.17) is 0 Å². The van der Waals surface area contributed by atoms with Crippen LogP contribution in [0.1, 0.15) is 6.42 Å². The van der Waals surface area contributed by atoms with Crippen molar-refractivity contribution in [3.63, 3.8) is 0 Å². The summed E-state index contributed by atoms with van der Waals surface area (Å²) in [5, 5.41) is 11.7. The molecule has 5 nitrogen and oxygen atoms in total. The van der Waals surface area contributed by atoms with Crippen LogP contribution in [-0.2, 0) is 4.79 Å². The van der Waals surface area contributed by atoms with Crippen LogP contribution in [-0.4, -0.2) is 29.7 Å². The molecule has 96 valence electrons. The lowest BCUT2D eigenvalue weighted by Crippen LogP contribution is -2.44. The van der Waals surface area contributed by atoms with Crippen molar-refractivity contribution in [3.05, 3.63) is 27.6 Å². The van der Waals surface area contributed by atoms with Crippen molar-refractivity contribution in [1.82, 2.24) is 5.32 Å². The predicted octanol–water partition coefficient (Wildman–Crippen LogP) is 1.80. The van der Waals surface area contributed by atoms with Crippen LogP contribution in [0.4, 0.5) is 14.9 Å². The van der Waals surface area contributed by atoms with Crippen LogP contribution in [0, 0.1) is 9.39 Å². The Kier molecular flexibility index (Phi) is 3.69. The number of carboxylic acid groups (broad SMARTS) is 1. The molecular weight excluding hydrogens is 354 g/mol. The molecular formula is C11H10FIN2O3. The molecule has 1 aliphatic heterocycles. The van der Waals surface area contributed by atoms with E-state index in [0.29, 0.717) is 16.5 Å². The summed E-state index contributed by atoms with van der Waals surface area (Å²) in [7, 11) is 0. The highest BCUT2D eigenvalue weighted by Gasteiger charge is 2.35. The van der Waals surface area contributed by atoms with E-state index in [1.165, 1.54) is 12.1 Å². The van der Waals surface area contributed by atoms with Gasteiger partial charge < -0.3 is 10.4 Å². The summed E-state index contributed by atoms with van der Waals surface area (Å²) < 4.78 is 14.5. The van der Waals surface area contributed by atoms with Gasteiger partial charge in [0.1, 0.15) is 11.9 Å². The average Bonchev–Trinajstić information content (AvgIpc) is 2.68. The second-order valence-electron chi connectivity index (χ2n) is 3.84. The maximum Gasteiger partial charge on any atom is 0.412 e. The molecule has 0 aromatic heterocycles. The Bertz CT molecular complexity index is 509. The molecule has 0 bridgehead atoms. The minimum Gasteiger partial charge on any atom is -0.465 e. The zero-order valence-corrected chi connectivity index (χ0v) is 11.3. The van der Waals surface area contributed by atoms with E-state index in [-0.39, 0.29) is 5.69 Å². The standard InChI is InChI=1S/C11H10FIN2O3/c12-7-5-6(13)1-2-8(7)15(11(17)18)9-3-4-14-10(9)16/h1-2,5,9H,3-4H2,(H,14,16)(H,17,18)/t9-/m0/s1. The lowest BCUT2D eigenvalue weighted by Gasteiger charge is -2.24. The van der Waals surface area contributed by atoms with Crippen LogP contribution in [0.3, 0.4) is 0 Å². The fraction of sp³-hybridized carbons (Fsp3) is 0.273. The highest BCUT2D eigenvalue weighted by Crippen LogP contribution is 2.25. The number of nitrogens with zero attached hydrogens (tertiary/aromatic N) is 1. The molecule has 0 saturated carbocycles. The van der Waals surface area contributed by atoms with E-state index in [1.54, 1.807) is 6.07 Å². The first kappa shape index (κ1) is 13.1. The zero-order chi connectivity index (χ0) is 13.3. The topological polar surface area (TPSA) is 69.6 Å². The lowest BCUT2D eigenvalue weighted by molar-refractivity contribution is -0.120. The minimum absolute atomic E-state index is 0.0926. The van der Waals surface area contributed by atoms with Gasteiger partial charge in [0.2, 0.25) is 5.91 Å². The highest BCUT2D eigenvalue weighted by molar-refractivity contribution is 14.1. The molecule has 0 aliphatic carbocycles. The number of anilines is 1. The smallest absolute Gasteiger partial charge is 0.412 e. The predicted molar refractivity (Wildman–Crippen MR) is 71.0 cm³/mol. The quantitative estimate of drug-likeness (QED) is 0.787. The Balaban J connectivity index is 2.41. The third-order valence-electron chi connectivity index (χ3n) is 2.71. The second-order valence-corrected chi connectivity index (χ2v) is 5.09. The van der Waals surface area contributed by atoms with E-state index in [1.807, 2.05) is 22.6 Å². The minimum atomic E-state index is -1.34. The first-order valence-electron chi connectivity index (χ1n) is 5.25. The number of amides is 2. The molecule has 0 unspecified atom stereocenters. The molecule has 2 rings (SSSR count). The van der Waals surface area contributed by atoms with Gasteiger partial charge in [-0.15, -0.1) is 0 Å². The van der Waals surface area contributed by atoms with E-state index < -0.39 is 23.9 Å². The van der Waals surface area contributed by atoms with Crippen molar-refractivity contribution in [2.45, 2.75) is 12.5 Å². The van der Waals surface area contributed by atoms with E-state index >= 15 is 0 Å². The number of rotatable bonds is 2. The molecule has 7 heteroatoms. The van der Waals surface area contributed by atoms with Gasteiger partial charge in [-0.1, -0.05) is 0 Å². The van der Waals surface area contributed by atoms with Crippen LogP contribution in [0.25, 0.3) is 0 Å². The summed E-state index contributed by atoms with van der Waals surface area (Å²) in [4.78, 5) is 23.6. The molecule has 0 radical (unpaired) electrons. The Hall–Kier alpha value is -1.38. The van der Waals surface area contributed by atoms with Gasteiger partial charge in [-0.25, -0.2) is 9.18 Å². The first-order valence-corrected chi connectivity index (χ1v) is 6.33. The Morgan fingerprint density at radius 3 is 2.78 bits per heavy atom. The third kappa shape index (κ3) is 2.40. The molecule has 0 spiro atoms. The van der Waals surface area contributed by atoms with Crippen LogP contribution >= 0.6 is 22.6 Å². The van der Waals surface area contributed by atoms with Crippen LogP contribution in [0.5, 0.6) is 0 Å². The molecule has 18 heavy (non-hydrogen) atoms. The fourth-order valence-corrected chi connectivity index (χ4v) is 2.36. The summed E-state index contributed by atoms with van der Waals surface area (Å²) in [6, 6.07) is 3.34. The molecule has 2 amide bonds. The van der Waals surface area contributed by atoms with Gasteiger partial charge in [-0.2, -0.15) is 0 Å². The molecule has 1 fully saturated rings. The van der Waals surface area contributed by atoms with Crippen molar-refractivity contribution >= 4 is 40.3 Å². The SMILES string of the molecule is O=C1NCC[C@@H]1N(C(=O)O)c1ccc(I)cc1F. The summed E-state index contributed by atoms with van der Waals surface area (Å²) in [5.74, 6) is -1.04. The molecule has 1 saturated heterocycles.